The van der Waals surface area contributed by atoms with Crippen LogP contribution in [0.3, 0.4) is 0 Å². The van der Waals surface area contributed by atoms with E-state index < -0.39 is 0 Å². The van der Waals surface area contributed by atoms with E-state index in [1.54, 1.807) is 6.07 Å². The van der Waals surface area contributed by atoms with Crippen LogP contribution in [0.5, 0.6) is 0 Å². The minimum Gasteiger partial charge on any atom is -0.354 e. The number of aryl methyl sites for hydroxylation is 1. The summed E-state index contributed by atoms with van der Waals surface area (Å²) in [6.45, 7) is 0. The third kappa shape index (κ3) is 1.20. The second kappa shape index (κ2) is 3.07. The van der Waals surface area contributed by atoms with Crippen LogP contribution >= 0.6 is 0 Å². The van der Waals surface area contributed by atoms with Crippen molar-refractivity contribution < 1.29 is 4.39 Å². The normalized spacial score (nSPS) is 20.5. The van der Waals surface area contributed by atoms with Crippen LogP contribution in [-0.4, -0.2) is 4.98 Å². The van der Waals surface area contributed by atoms with E-state index in [-0.39, 0.29) is 11.9 Å². The predicted octanol–water partition coefficient (Wildman–Crippen LogP) is 2.64. The molecule has 0 saturated carbocycles. The highest BCUT2D eigenvalue weighted by molar-refractivity contribution is 5.85. The summed E-state index contributed by atoms with van der Waals surface area (Å²) in [5.41, 5.74) is 8.86. The van der Waals surface area contributed by atoms with E-state index in [1.807, 2.05) is 6.07 Å². The summed E-state index contributed by atoms with van der Waals surface area (Å²) in [4.78, 5) is 3.13. The van der Waals surface area contributed by atoms with Gasteiger partial charge in [-0.2, -0.15) is 0 Å². The lowest BCUT2D eigenvalue weighted by molar-refractivity contribution is 0.562. The van der Waals surface area contributed by atoms with Gasteiger partial charge in [0.1, 0.15) is 5.82 Å². The van der Waals surface area contributed by atoms with E-state index in [0.29, 0.717) is 5.52 Å². The highest BCUT2D eigenvalue weighted by Crippen LogP contribution is 2.34. The topological polar surface area (TPSA) is 41.8 Å². The summed E-state index contributed by atoms with van der Waals surface area (Å²) in [5, 5.41) is 1.00. The quantitative estimate of drug-likeness (QED) is 0.680. The second-order valence-corrected chi connectivity index (χ2v) is 4.18. The molecular formula is C12H13FN2. The number of aromatic nitrogens is 1. The first-order chi connectivity index (χ1) is 7.27. The fraction of sp³-hybridized carbons (Fsp3) is 0.333. The maximum absolute atomic E-state index is 13.5. The molecule has 1 aliphatic carbocycles. The average molecular weight is 204 g/mol. The Kier molecular flexibility index (Phi) is 1.83. The van der Waals surface area contributed by atoms with Crippen molar-refractivity contribution in [2.45, 2.75) is 25.3 Å². The van der Waals surface area contributed by atoms with Gasteiger partial charge >= 0.3 is 0 Å². The maximum atomic E-state index is 13.5. The summed E-state index contributed by atoms with van der Waals surface area (Å²) in [5.74, 6) is -0.186. The van der Waals surface area contributed by atoms with Crippen LogP contribution < -0.4 is 5.73 Å². The Morgan fingerprint density at radius 2 is 2.27 bits per heavy atom. The molecule has 15 heavy (non-hydrogen) atoms. The first-order valence-corrected chi connectivity index (χ1v) is 5.32. The molecule has 0 bridgehead atoms. The van der Waals surface area contributed by atoms with E-state index >= 15 is 0 Å². The molecule has 0 fully saturated rings. The predicted molar refractivity (Wildman–Crippen MR) is 58.1 cm³/mol. The molecule has 1 aliphatic rings. The highest BCUT2D eigenvalue weighted by Gasteiger charge is 2.22. The smallest absolute Gasteiger partial charge is 0.147 e. The number of aromatic amines is 1. The maximum Gasteiger partial charge on any atom is 0.147 e. The average Bonchev–Trinajstić information content (AvgIpc) is 2.60. The number of nitrogens with one attached hydrogen (secondary N) is 1. The van der Waals surface area contributed by atoms with Gasteiger partial charge in [-0.15, -0.1) is 0 Å². The molecule has 1 unspecified atom stereocenters. The molecule has 0 radical (unpaired) electrons. The van der Waals surface area contributed by atoms with Gasteiger partial charge in [-0.3, -0.25) is 0 Å². The standard InChI is InChI=1S/C12H13FN2/c13-9-5-1-3-7-8-4-2-6-10(14)12(8)15-11(7)9/h1,3,5,10,15H,2,4,6,14H2. The fourth-order valence-corrected chi connectivity index (χ4v) is 2.49. The molecule has 0 aliphatic heterocycles. The zero-order valence-electron chi connectivity index (χ0n) is 8.39. The van der Waals surface area contributed by atoms with Gasteiger partial charge in [0.25, 0.3) is 0 Å². The molecule has 1 atom stereocenters. The number of hydrogen-bond acceptors (Lipinski definition) is 1. The highest BCUT2D eigenvalue weighted by atomic mass is 19.1. The van der Waals surface area contributed by atoms with E-state index in [1.165, 1.54) is 11.6 Å². The van der Waals surface area contributed by atoms with Crippen molar-refractivity contribution in [1.82, 2.24) is 4.98 Å². The van der Waals surface area contributed by atoms with Crippen molar-refractivity contribution >= 4 is 10.9 Å². The molecule has 2 aromatic rings. The van der Waals surface area contributed by atoms with E-state index in [9.17, 15) is 4.39 Å². The van der Waals surface area contributed by atoms with Crippen molar-refractivity contribution in [2.24, 2.45) is 5.73 Å². The van der Waals surface area contributed by atoms with Gasteiger partial charge in [-0.25, -0.2) is 4.39 Å². The SMILES string of the molecule is NC1CCCc2c1[nH]c1c(F)cccc21. The molecular weight excluding hydrogens is 191 g/mol. The monoisotopic (exact) mass is 204 g/mol. The Hall–Kier alpha value is -1.35. The van der Waals surface area contributed by atoms with Crippen molar-refractivity contribution in [2.75, 3.05) is 0 Å². The number of hydrogen-bond donors (Lipinski definition) is 2. The van der Waals surface area contributed by atoms with E-state index in [4.69, 9.17) is 5.73 Å². The van der Waals surface area contributed by atoms with Crippen molar-refractivity contribution in [3.63, 3.8) is 0 Å². The molecule has 78 valence electrons. The molecule has 1 aromatic heterocycles. The lowest BCUT2D eigenvalue weighted by Crippen LogP contribution is -2.16. The Morgan fingerprint density at radius 1 is 1.40 bits per heavy atom. The fourth-order valence-electron chi connectivity index (χ4n) is 2.49. The Balaban J connectivity index is 2.35. The summed E-state index contributed by atoms with van der Waals surface area (Å²) in [6.07, 6.45) is 3.09. The third-order valence-corrected chi connectivity index (χ3v) is 3.24. The molecule has 2 nitrogen and oxygen atoms in total. The van der Waals surface area contributed by atoms with Gasteiger partial charge in [-0.05, 0) is 30.9 Å². The molecule has 3 N–H and O–H groups in total. The second-order valence-electron chi connectivity index (χ2n) is 4.18. The van der Waals surface area contributed by atoms with Crippen LogP contribution in [0.4, 0.5) is 4.39 Å². The van der Waals surface area contributed by atoms with Crippen LogP contribution in [0.2, 0.25) is 0 Å². The largest absolute Gasteiger partial charge is 0.354 e. The zero-order chi connectivity index (χ0) is 10.4. The first-order valence-electron chi connectivity index (χ1n) is 5.32. The molecule has 3 rings (SSSR count). The Morgan fingerprint density at radius 3 is 3.13 bits per heavy atom. The number of para-hydroxylation sites is 1. The summed E-state index contributed by atoms with van der Waals surface area (Å²) < 4.78 is 13.5. The Labute approximate surface area is 87.3 Å². The van der Waals surface area contributed by atoms with E-state index in [0.717, 1.165) is 30.3 Å². The van der Waals surface area contributed by atoms with Gasteiger partial charge in [0.15, 0.2) is 0 Å². The number of benzene rings is 1. The van der Waals surface area contributed by atoms with Gasteiger partial charge in [-0.1, -0.05) is 12.1 Å². The number of nitrogens with two attached hydrogens (primary N) is 1. The van der Waals surface area contributed by atoms with Crippen molar-refractivity contribution in [1.29, 1.82) is 0 Å². The number of halogens is 1. The molecule has 3 heteroatoms. The Bertz CT molecular complexity index is 516. The molecule has 0 saturated heterocycles. The lowest BCUT2D eigenvalue weighted by atomic mass is 9.92. The number of rotatable bonds is 0. The summed E-state index contributed by atoms with van der Waals surface area (Å²) >= 11 is 0. The van der Waals surface area contributed by atoms with Gasteiger partial charge in [0, 0.05) is 17.1 Å². The summed E-state index contributed by atoms with van der Waals surface area (Å²) in [7, 11) is 0. The summed E-state index contributed by atoms with van der Waals surface area (Å²) in [6, 6.07) is 5.24. The molecule has 0 spiro atoms. The van der Waals surface area contributed by atoms with Crippen molar-refractivity contribution in [3.8, 4) is 0 Å². The number of fused-ring (bicyclic) bond motifs is 3. The number of H-pyrrole nitrogens is 1. The van der Waals surface area contributed by atoms with Gasteiger partial charge in [0.05, 0.1) is 5.52 Å². The zero-order valence-corrected chi connectivity index (χ0v) is 8.39. The molecule has 1 aromatic carbocycles. The third-order valence-electron chi connectivity index (χ3n) is 3.24. The molecule has 1 heterocycles. The van der Waals surface area contributed by atoms with E-state index in [2.05, 4.69) is 4.98 Å². The molecule has 0 amide bonds. The minimum absolute atomic E-state index is 0.0422. The van der Waals surface area contributed by atoms with Gasteiger partial charge in [0.2, 0.25) is 0 Å². The van der Waals surface area contributed by atoms with Crippen LogP contribution in [0.25, 0.3) is 10.9 Å². The lowest BCUT2D eigenvalue weighted by Gasteiger charge is -2.18. The van der Waals surface area contributed by atoms with Crippen LogP contribution in [0.15, 0.2) is 18.2 Å². The van der Waals surface area contributed by atoms with Crippen molar-refractivity contribution in [3.05, 3.63) is 35.3 Å². The first kappa shape index (κ1) is 8.92. The van der Waals surface area contributed by atoms with Crippen LogP contribution in [0.1, 0.15) is 30.1 Å². The van der Waals surface area contributed by atoms with Crippen LogP contribution in [0, 0.1) is 5.82 Å². The van der Waals surface area contributed by atoms with Crippen LogP contribution in [-0.2, 0) is 6.42 Å². The minimum atomic E-state index is -0.186. The van der Waals surface area contributed by atoms with Gasteiger partial charge < -0.3 is 10.7 Å².